The van der Waals surface area contributed by atoms with Crippen molar-refractivity contribution in [3.63, 3.8) is 0 Å². The van der Waals surface area contributed by atoms with Gasteiger partial charge in [0.25, 0.3) is 0 Å². The van der Waals surface area contributed by atoms with Crippen LogP contribution in [0.3, 0.4) is 0 Å². The van der Waals surface area contributed by atoms with Crippen molar-refractivity contribution in [1.29, 1.82) is 0 Å². The molecule has 1 fully saturated rings. The molecule has 4 aromatic rings. The van der Waals surface area contributed by atoms with E-state index >= 15 is 0 Å². The second-order valence-electron chi connectivity index (χ2n) is 8.09. The van der Waals surface area contributed by atoms with Gasteiger partial charge in [-0.2, -0.15) is 0 Å². The van der Waals surface area contributed by atoms with Crippen molar-refractivity contribution in [1.82, 2.24) is 29.6 Å². The van der Waals surface area contributed by atoms with Gasteiger partial charge in [-0.15, -0.1) is 5.10 Å². The summed E-state index contributed by atoms with van der Waals surface area (Å²) in [5.41, 5.74) is 6.63. The highest BCUT2D eigenvalue weighted by Gasteiger charge is 2.29. The first kappa shape index (κ1) is 18.9. The van der Waals surface area contributed by atoms with E-state index in [1.165, 1.54) is 5.56 Å². The molecule has 0 aliphatic carbocycles. The highest BCUT2D eigenvalue weighted by atomic mass is 15.4. The van der Waals surface area contributed by atoms with Gasteiger partial charge < -0.3 is 0 Å². The topological polar surface area (TPSA) is 49.6 Å². The summed E-state index contributed by atoms with van der Waals surface area (Å²) in [4.78, 5) is 9.53. The van der Waals surface area contributed by atoms with E-state index in [1.54, 1.807) is 0 Å². The average molecular weight is 399 g/mol. The normalized spacial score (nSPS) is 18.1. The van der Waals surface area contributed by atoms with Crippen LogP contribution in [0.5, 0.6) is 0 Å². The van der Waals surface area contributed by atoms with E-state index in [1.807, 2.05) is 23.6 Å². The Balaban J connectivity index is 1.40. The minimum Gasteiger partial charge on any atom is -0.295 e. The molecule has 4 heterocycles. The summed E-state index contributed by atoms with van der Waals surface area (Å²) in [5, 5.41) is 9.03. The van der Waals surface area contributed by atoms with Crippen LogP contribution in [0.25, 0.3) is 16.6 Å². The zero-order valence-electron chi connectivity index (χ0n) is 17.4. The smallest absolute Gasteiger partial charge is 0.109 e. The molecule has 0 unspecified atom stereocenters. The van der Waals surface area contributed by atoms with E-state index in [2.05, 4.69) is 86.9 Å². The van der Waals surface area contributed by atoms with Crippen molar-refractivity contribution in [2.45, 2.75) is 19.5 Å². The van der Waals surface area contributed by atoms with Gasteiger partial charge in [-0.3, -0.25) is 14.8 Å². The number of rotatable bonds is 4. The number of nitrogens with zero attached hydrogens (tertiary/aromatic N) is 6. The number of hydrogen-bond acceptors (Lipinski definition) is 5. The number of pyridine rings is 2. The van der Waals surface area contributed by atoms with E-state index in [9.17, 15) is 0 Å². The highest BCUT2D eigenvalue weighted by molar-refractivity contribution is 5.66. The number of likely N-dealkylation sites (N-methyl/N-ethyl adjacent to an activating group) is 1. The van der Waals surface area contributed by atoms with Crippen molar-refractivity contribution in [3.05, 3.63) is 83.9 Å². The Kier molecular flexibility index (Phi) is 5.02. The van der Waals surface area contributed by atoms with Crippen LogP contribution in [0.1, 0.15) is 23.1 Å². The first-order valence-electron chi connectivity index (χ1n) is 10.4. The molecule has 0 spiro atoms. The molecule has 0 radical (unpaired) electrons. The van der Waals surface area contributed by atoms with Gasteiger partial charge in [0.05, 0.1) is 17.3 Å². The minimum atomic E-state index is 0.212. The van der Waals surface area contributed by atoms with Gasteiger partial charge in [0.1, 0.15) is 5.69 Å². The van der Waals surface area contributed by atoms with Crippen molar-refractivity contribution in [3.8, 4) is 11.1 Å². The molecule has 1 atom stereocenters. The minimum absolute atomic E-state index is 0.212. The van der Waals surface area contributed by atoms with Gasteiger partial charge in [-0.05, 0) is 37.7 Å². The van der Waals surface area contributed by atoms with Gasteiger partial charge in [0.15, 0.2) is 0 Å². The number of fused-ring (bicyclic) bond motifs is 1. The molecule has 152 valence electrons. The summed E-state index contributed by atoms with van der Waals surface area (Å²) in [7, 11) is 2.18. The fraction of sp³-hybridized carbons (Fsp3) is 0.292. The molecule has 1 aliphatic rings. The molecular weight excluding hydrogens is 372 g/mol. The fourth-order valence-electron chi connectivity index (χ4n) is 4.24. The maximum absolute atomic E-state index is 4.68. The number of benzene rings is 1. The van der Waals surface area contributed by atoms with Crippen molar-refractivity contribution >= 4 is 5.52 Å². The number of aryl methyl sites for hydroxylation is 1. The predicted molar refractivity (Wildman–Crippen MR) is 118 cm³/mol. The average Bonchev–Trinajstić information content (AvgIpc) is 3.19. The van der Waals surface area contributed by atoms with Crippen LogP contribution < -0.4 is 0 Å². The van der Waals surface area contributed by atoms with Crippen molar-refractivity contribution in [2.24, 2.45) is 0 Å². The van der Waals surface area contributed by atoms with Gasteiger partial charge >= 0.3 is 0 Å². The molecule has 1 aliphatic heterocycles. The summed E-state index contributed by atoms with van der Waals surface area (Å²) in [6.07, 6.45) is 2.07. The van der Waals surface area contributed by atoms with Gasteiger partial charge in [0, 0.05) is 43.6 Å². The lowest BCUT2D eigenvalue weighted by Gasteiger charge is -2.38. The molecule has 1 saturated heterocycles. The summed E-state index contributed by atoms with van der Waals surface area (Å²) >= 11 is 0. The van der Waals surface area contributed by atoms with E-state index in [-0.39, 0.29) is 6.04 Å². The maximum Gasteiger partial charge on any atom is 0.109 e. The van der Waals surface area contributed by atoms with Crippen LogP contribution in [0.4, 0.5) is 0 Å². The Labute approximate surface area is 176 Å². The molecule has 1 aromatic carbocycles. The highest BCUT2D eigenvalue weighted by Crippen LogP contribution is 2.28. The van der Waals surface area contributed by atoms with E-state index in [0.29, 0.717) is 0 Å². The fourth-order valence-corrected chi connectivity index (χ4v) is 4.24. The van der Waals surface area contributed by atoms with Crippen LogP contribution in [0.15, 0.2) is 66.9 Å². The summed E-state index contributed by atoms with van der Waals surface area (Å²) in [5.74, 6) is 0. The summed E-state index contributed by atoms with van der Waals surface area (Å²) < 4.78 is 1.91. The third-order valence-electron chi connectivity index (χ3n) is 5.93. The molecular formula is C24H26N6. The second-order valence-corrected chi connectivity index (χ2v) is 8.09. The monoisotopic (exact) mass is 398 g/mol. The first-order chi connectivity index (χ1) is 14.7. The Morgan fingerprint density at radius 2 is 1.80 bits per heavy atom. The van der Waals surface area contributed by atoms with Gasteiger partial charge in [-0.1, -0.05) is 47.7 Å². The molecule has 6 heteroatoms. The molecule has 0 amide bonds. The Hall–Kier alpha value is -3.09. The Morgan fingerprint density at radius 3 is 2.63 bits per heavy atom. The van der Waals surface area contributed by atoms with E-state index < -0.39 is 0 Å². The number of aromatic nitrogens is 4. The molecule has 0 bridgehead atoms. The first-order valence-corrected chi connectivity index (χ1v) is 10.4. The standard InChI is InChI=1S/C24H26N6/c1-18-7-6-10-21(25-18)16-29-14-13-28(2)23(17-29)24-22-12-11-20(15-30(22)27-26-24)19-8-4-3-5-9-19/h3-12,15,23H,13-14,16-17H2,1-2H3/t23-/m0/s1. The van der Waals surface area contributed by atoms with E-state index in [4.69, 9.17) is 0 Å². The van der Waals surface area contributed by atoms with Crippen LogP contribution >= 0.6 is 0 Å². The van der Waals surface area contributed by atoms with Crippen LogP contribution in [-0.4, -0.2) is 56.3 Å². The third kappa shape index (κ3) is 3.72. The SMILES string of the molecule is Cc1cccc(CN2CCN(C)[C@H](c3nnn4cc(-c5ccccc5)ccc34)C2)n1. The molecule has 30 heavy (non-hydrogen) atoms. The molecule has 0 saturated carbocycles. The lowest BCUT2D eigenvalue weighted by molar-refractivity contribution is 0.0880. The summed E-state index contributed by atoms with van der Waals surface area (Å²) in [6, 6.07) is 21.1. The second kappa shape index (κ2) is 7.97. The zero-order chi connectivity index (χ0) is 20.5. The van der Waals surface area contributed by atoms with E-state index in [0.717, 1.165) is 54.3 Å². The van der Waals surface area contributed by atoms with Crippen molar-refractivity contribution in [2.75, 3.05) is 26.7 Å². The van der Waals surface area contributed by atoms with Crippen LogP contribution in [0.2, 0.25) is 0 Å². The molecule has 0 N–H and O–H groups in total. The van der Waals surface area contributed by atoms with Crippen LogP contribution in [0, 0.1) is 6.92 Å². The quantitative estimate of drug-likeness (QED) is 0.526. The number of hydrogen-bond donors (Lipinski definition) is 0. The largest absolute Gasteiger partial charge is 0.295 e. The van der Waals surface area contributed by atoms with Crippen molar-refractivity contribution < 1.29 is 0 Å². The van der Waals surface area contributed by atoms with Gasteiger partial charge in [0.2, 0.25) is 0 Å². The Morgan fingerprint density at radius 1 is 0.933 bits per heavy atom. The molecule has 3 aromatic heterocycles. The maximum atomic E-state index is 4.68. The molecule has 5 rings (SSSR count). The third-order valence-corrected chi connectivity index (χ3v) is 5.93. The molecule has 6 nitrogen and oxygen atoms in total. The lowest BCUT2D eigenvalue weighted by Crippen LogP contribution is -2.46. The van der Waals surface area contributed by atoms with Gasteiger partial charge in [-0.25, -0.2) is 4.52 Å². The van der Waals surface area contributed by atoms with Crippen LogP contribution in [-0.2, 0) is 6.54 Å². The summed E-state index contributed by atoms with van der Waals surface area (Å²) in [6.45, 7) is 5.85. The number of piperazine rings is 1. The predicted octanol–water partition coefficient (Wildman–Crippen LogP) is 3.59. The zero-order valence-corrected chi connectivity index (χ0v) is 17.4. The Bertz CT molecular complexity index is 1150. The lowest BCUT2D eigenvalue weighted by atomic mass is 10.1.